The summed E-state index contributed by atoms with van der Waals surface area (Å²) in [6.45, 7) is 1.16. The molecule has 2 aromatic heterocycles. The molecule has 1 saturated heterocycles. The van der Waals surface area contributed by atoms with Gasteiger partial charge in [-0.2, -0.15) is 30.0 Å². The lowest BCUT2D eigenvalue weighted by atomic mass is 10.0. The van der Waals surface area contributed by atoms with Gasteiger partial charge in [-0.05, 0) is 12.1 Å². The molecular formula is C16H17F3N4O2S. The average molecular weight is 386 g/mol. The molecule has 4 rings (SSSR count). The van der Waals surface area contributed by atoms with Gasteiger partial charge >= 0.3 is 6.18 Å². The molecule has 2 aliphatic heterocycles. The fourth-order valence-electron chi connectivity index (χ4n) is 3.33. The summed E-state index contributed by atoms with van der Waals surface area (Å²) in [6.07, 6.45) is -2.08. The van der Waals surface area contributed by atoms with E-state index in [1.54, 1.807) is 28.8 Å². The Morgan fingerprint density at radius 1 is 1.35 bits per heavy atom. The summed E-state index contributed by atoms with van der Waals surface area (Å²) in [4.78, 5) is 14.5. The smallest absolute Gasteiger partial charge is 0.410 e. The summed E-state index contributed by atoms with van der Waals surface area (Å²) >= 11 is 1.75. The van der Waals surface area contributed by atoms with Crippen molar-refractivity contribution < 1.29 is 22.4 Å². The fourth-order valence-corrected chi connectivity index (χ4v) is 4.23. The van der Waals surface area contributed by atoms with Gasteiger partial charge in [0.2, 0.25) is 0 Å². The van der Waals surface area contributed by atoms with E-state index in [4.69, 9.17) is 4.42 Å². The normalized spacial score (nSPS) is 23.4. The Hall–Kier alpha value is -2.10. The number of fused-ring (bicyclic) bond motifs is 1. The van der Waals surface area contributed by atoms with Crippen LogP contribution in [0.5, 0.6) is 0 Å². The van der Waals surface area contributed by atoms with Crippen LogP contribution in [0.15, 0.2) is 29.0 Å². The van der Waals surface area contributed by atoms with Crippen molar-refractivity contribution in [3.05, 3.63) is 35.9 Å². The van der Waals surface area contributed by atoms with E-state index in [0.717, 1.165) is 16.2 Å². The first kappa shape index (κ1) is 17.3. The second-order valence-corrected chi connectivity index (χ2v) is 7.49. The number of amides is 1. The predicted molar refractivity (Wildman–Crippen MR) is 90.2 cm³/mol. The molecule has 0 radical (unpaired) electrons. The van der Waals surface area contributed by atoms with E-state index >= 15 is 0 Å². The summed E-state index contributed by atoms with van der Waals surface area (Å²) < 4.78 is 46.9. The van der Waals surface area contributed by atoms with Crippen molar-refractivity contribution in [1.82, 2.24) is 14.7 Å². The van der Waals surface area contributed by atoms with Crippen LogP contribution in [-0.4, -0.2) is 51.4 Å². The molecule has 1 N–H and O–H groups in total. The average Bonchev–Trinajstić information content (AvgIpc) is 3.30. The number of hydrogen-bond acceptors (Lipinski definition) is 5. The Morgan fingerprint density at radius 3 is 2.77 bits per heavy atom. The van der Waals surface area contributed by atoms with Crippen LogP contribution in [0.3, 0.4) is 0 Å². The van der Waals surface area contributed by atoms with E-state index in [0.29, 0.717) is 18.8 Å². The standard InChI is InChI=1S/C16H17F3N4O2S/c17-16(18,19)13-8-11(12-2-1-5-25-12)21-14-10(9-20-23(13)14)15(24)22-3-6-26-7-4-22/h1-2,5,9,11,13,21H,3-4,6-8H2. The van der Waals surface area contributed by atoms with Gasteiger partial charge in [-0.15, -0.1) is 0 Å². The molecule has 0 spiro atoms. The molecule has 4 heterocycles. The SMILES string of the molecule is O=C(c1cnn2c1NC(c1ccco1)CC2C(F)(F)F)N1CCSCC1. The molecule has 140 valence electrons. The number of anilines is 1. The Kier molecular flexibility index (Phi) is 4.37. The largest absolute Gasteiger partial charge is 0.467 e. The minimum Gasteiger partial charge on any atom is -0.467 e. The molecule has 6 nitrogen and oxygen atoms in total. The number of carbonyl (C=O) groups excluding carboxylic acids is 1. The van der Waals surface area contributed by atoms with Gasteiger partial charge in [0.05, 0.1) is 18.5 Å². The van der Waals surface area contributed by atoms with Gasteiger partial charge in [0.15, 0.2) is 6.04 Å². The van der Waals surface area contributed by atoms with Crippen molar-refractivity contribution >= 4 is 23.5 Å². The predicted octanol–water partition coefficient (Wildman–Crippen LogP) is 3.33. The first-order valence-corrected chi connectivity index (χ1v) is 9.42. The summed E-state index contributed by atoms with van der Waals surface area (Å²) in [5.41, 5.74) is 0.169. The molecule has 2 aliphatic rings. The lowest BCUT2D eigenvalue weighted by Gasteiger charge is -2.33. The van der Waals surface area contributed by atoms with Gasteiger partial charge in [0.25, 0.3) is 5.91 Å². The van der Waals surface area contributed by atoms with Crippen molar-refractivity contribution in [3.8, 4) is 0 Å². The van der Waals surface area contributed by atoms with Crippen molar-refractivity contribution in [3.63, 3.8) is 0 Å². The van der Waals surface area contributed by atoms with Crippen LogP contribution in [-0.2, 0) is 0 Å². The van der Waals surface area contributed by atoms with Crippen molar-refractivity contribution in [2.75, 3.05) is 29.9 Å². The second kappa shape index (κ2) is 6.57. The number of halogens is 3. The molecule has 2 atom stereocenters. The molecule has 0 saturated carbocycles. The van der Waals surface area contributed by atoms with E-state index in [9.17, 15) is 18.0 Å². The Morgan fingerprint density at radius 2 is 2.12 bits per heavy atom. The number of nitrogens with zero attached hydrogens (tertiary/aromatic N) is 3. The lowest BCUT2D eigenvalue weighted by molar-refractivity contribution is -0.174. The van der Waals surface area contributed by atoms with Gasteiger partial charge in [0.1, 0.15) is 17.1 Å². The number of alkyl halides is 3. The monoisotopic (exact) mass is 386 g/mol. The Balaban J connectivity index is 1.70. The van der Waals surface area contributed by atoms with E-state index in [2.05, 4.69) is 10.4 Å². The van der Waals surface area contributed by atoms with Crippen LogP contribution in [0.2, 0.25) is 0 Å². The van der Waals surface area contributed by atoms with Crippen LogP contribution >= 0.6 is 11.8 Å². The summed E-state index contributed by atoms with van der Waals surface area (Å²) in [5, 5.41) is 6.91. The molecule has 10 heteroatoms. The molecule has 0 bridgehead atoms. The van der Waals surface area contributed by atoms with Crippen LogP contribution in [0, 0.1) is 0 Å². The van der Waals surface area contributed by atoms with Crippen molar-refractivity contribution in [1.29, 1.82) is 0 Å². The Labute approximate surface area is 151 Å². The maximum atomic E-state index is 13.6. The van der Waals surface area contributed by atoms with Gasteiger partial charge in [-0.1, -0.05) is 0 Å². The third-order valence-electron chi connectivity index (χ3n) is 4.65. The van der Waals surface area contributed by atoms with Gasteiger partial charge in [0, 0.05) is 31.0 Å². The van der Waals surface area contributed by atoms with Crippen LogP contribution < -0.4 is 5.32 Å². The van der Waals surface area contributed by atoms with Gasteiger partial charge in [-0.25, -0.2) is 4.68 Å². The van der Waals surface area contributed by atoms with Crippen molar-refractivity contribution in [2.24, 2.45) is 0 Å². The van der Waals surface area contributed by atoms with Crippen LogP contribution in [0.1, 0.15) is 34.6 Å². The zero-order valence-electron chi connectivity index (χ0n) is 13.7. The summed E-state index contributed by atoms with van der Waals surface area (Å²) in [7, 11) is 0. The number of nitrogens with one attached hydrogen (secondary N) is 1. The molecule has 2 unspecified atom stereocenters. The van der Waals surface area contributed by atoms with Gasteiger partial charge < -0.3 is 14.6 Å². The highest BCUT2D eigenvalue weighted by Gasteiger charge is 2.48. The number of aromatic nitrogens is 2. The zero-order valence-corrected chi connectivity index (χ0v) is 14.5. The third-order valence-corrected chi connectivity index (χ3v) is 5.60. The molecule has 1 amide bonds. The molecule has 2 aromatic rings. The molecule has 0 aromatic carbocycles. The van der Waals surface area contributed by atoms with Crippen LogP contribution in [0.25, 0.3) is 0 Å². The molecule has 0 aliphatic carbocycles. The number of thioether (sulfide) groups is 1. The summed E-state index contributed by atoms with van der Waals surface area (Å²) in [6, 6.07) is 0.764. The second-order valence-electron chi connectivity index (χ2n) is 6.26. The van der Waals surface area contributed by atoms with Gasteiger partial charge in [-0.3, -0.25) is 4.79 Å². The van der Waals surface area contributed by atoms with Crippen molar-refractivity contribution in [2.45, 2.75) is 24.7 Å². The first-order valence-electron chi connectivity index (χ1n) is 8.26. The highest BCUT2D eigenvalue weighted by molar-refractivity contribution is 7.99. The molecule has 1 fully saturated rings. The molecule has 26 heavy (non-hydrogen) atoms. The Bertz CT molecular complexity index is 784. The third kappa shape index (κ3) is 3.06. The quantitative estimate of drug-likeness (QED) is 0.858. The minimum absolute atomic E-state index is 0.100. The lowest BCUT2D eigenvalue weighted by Crippen LogP contribution is -2.39. The maximum Gasteiger partial charge on any atom is 0.410 e. The van der Waals surface area contributed by atoms with E-state index in [1.165, 1.54) is 12.5 Å². The topological polar surface area (TPSA) is 63.3 Å². The first-order chi connectivity index (χ1) is 12.4. The zero-order chi connectivity index (χ0) is 18.3. The summed E-state index contributed by atoms with van der Waals surface area (Å²) in [5.74, 6) is 1.86. The minimum atomic E-state index is -4.48. The number of hydrogen-bond donors (Lipinski definition) is 1. The van der Waals surface area contributed by atoms with E-state index in [1.807, 2.05) is 0 Å². The number of rotatable bonds is 2. The van der Waals surface area contributed by atoms with Crippen LogP contribution in [0.4, 0.5) is 19.0 Å². The maximum absolute atomic E-state index is 13.6. The number of furan rings is 1. The highest BCUT2D eigenvalue weighted by Crippen LogP contribution is 2.44. The van der Waals surface area contributed by atoms with E-state index in [-0.39, 0.29) is 23.7 Å². The van der Waals surface area contributed by atoms with E-state index < -0.39 is 18.3 Å². The highest BCUT2D eigenvalue weighted by atomic mass is 32.2. The number of carbonyl (C=O) groups is 1. The molecular weight excluding hydrogens is 369 g/mol. The fraction of sp³-hybridized carbons (Fsp3) is 0.500.